The van der Waals surface area contributed by atoms with Crippen molar-refractivity contribution in [2.75, 3.05) is 24.4 Å². The van der Waals surface area contributed by atoms with Gasteiger partial charge in [-0.2, -0.15) is 0 Å². The summed E-state index contributed by atoms with van der Waals surface area (Å²) in [4.78, 5) is 40.7. The molecule has 0 fully saturated rings. The molecule has 5 rings (SSSR count). The smallest absolute Gasteiger partial charge is 0.343 e. The second kappa shape index (κ2) is 11.9. The molecule has 42 heavy (non-hydrogen) atoms. The molecule has 1 N–H and O–H groups in total. The topological polar surface area (TPSA) is 94.2 Å². The molecular formula is C32H31BrN2O6S. The molecule has 3 aromatic rings. The summed E-state index contributed by atoms with van der Waals surface area (Å²) in [6.07, 6.45) is 2.53. The number of anilines is 2. The number of aryl methyl sites for hydroxylation is 1. The zero-order valence-corrected chi connectivity index (χ0v) is 26.4. The number of hydrogen-bond acceptors (Lipinski definition) is 8. The summed E-state index contributed by atoms with van der Waals surface area (Å²) in [5.41, 5.74) is 3.91. The normalized spacial score (nSPS) is 17.2. The first kappa shape index (κ1) is 29.7. The van der Waals surface area contributed by atoms with E-state index in [4.69, 9.17) is 14.2 Å². The molecule has 3 aromatic carbocycles. The van der Waals surface area contributed by atoms with Crippen molar-refractivity contribution in [3.63, 3.8) is 0 Å². The number of rotatable bonds is 7. The summed E-state index contributed by atoms with van der Waals surface area (Å²) in [5.74, 6) is -0.150. The number of amides is 1. The molecule has 8 nitrogen and oxygen atoms in total. The Morgan fingerprint density at radius 3 is 2.55 bits per heavy atom. The Morgan fingerprint density at radius 1 is 1.12 bits per heavy atom. The van der Waals surface area contributed by atoms with Crippen LogP contribution in [0.15, 0.2) is 64.5 Å². The number of fused-ring (bicyclic) bond motifs is 1. The molecule has 0 saturated heterocycles. The predicted molar refractivity (Wildman–Crippen MR) is 168 cm³/mol. The van der Waals surface area contributed by atoms with Crippen LogP contribution in [0.4, 0.5) is 11.4 Å². The number of hydrogen-bond donors (Lipinski definition) is 1. The van der Waals surface area contributed by atoms with Gasteiger partial charge in [0.25, 0.3) is 5.91 Å². The number of nitrogens with one attached hydrogen (secondary N) is 1. The zero-order chi connectivity index (χ0) is 30.2. The van der Waals surface area contributed by atoms with Gasteiger partial charge in [-0.05, 0) is 78.5 Å². The lowest BCUT2D eigenvalue weighted by molar-refractivity contribution is -0.144. The number of allylic oxidation sites excluding steroid dienone is 1. The molecule has 0 saturated carbocycles. The Labute approximate surface area is 257 Å². The highest BCUT2D eigenvalue weighted by molar-refractivity contribution is 9.14. The number of nitrogens with zero attached hydrogens (tertiary/aromatic N) is 1. The van der Waals surface area contributed by atoms with Gasteiger partial charge in [0.15, 0.2) is 0 Å². The van der Waals surface area contributed by atoms with Gasteiger partial charge in [-0.1, -0.05) is 30.3 Å². The number of benzene rings is 3. The van der Waals surface area contributed by atoms with E-state index >= 15 is 0 Å². The van der Waals surface area contributed by atoms with Crippen LogP contribution in [-0.4, -0.2) is 42.8 Å². The lowest BCUT2D eigenvalue weighted by Gasteiger charge is -2.39. The number of ether oxygens (including phenoxy) is 3. The Bertz CT molecular complexity index is 1620. The van der Waals surface area contributed by atoms with Crippen molar-refractivity contribution in [2.24, 2.45) is 0 Å². The Kier molecular flexibility index (Phi) is 8.39. The molecule has 1 unspecified atom stereocenters. The fraction of sp³-hybridized carbons (Fsp3) is 0.281. The standard InChI is InChI=1S/C32H31BrN2O6S/c1-18-8-6-7-9-20(18)29(36)41-19-10-11-22(25(16-19)39-5)21-12-13-24-28(35(4)31(38)32(2,3)34-24)23(21)17-40-30(37)26-14-15-27(33)42-26/h6-13,15-16,26,34H,14,17H2,1-5H3. The summed E-state index contributed by atoms with van der Waals surface area (Å²) >= 11 is 4.85. The van der Waals surface area contributed by atoms with Crippen LogP contribution in [0.5, 0.6) is 11.5 Å². The van der Waals surface area contributed by atoms with Crippen molar-refractivity contribution < 1.29 is 28.6 Å². The summed E-state index contributed by atoms with van der Waals surface area (Å²) < 4.78 is 18.2. The first-order chi connectivity index (χ1) is 20.0. The molecule has 218 valence electrons. The van der Waals surface area contributed by atoms with Crippen LogP contribution < -0.4 is 19.7 Å². The predicted octanol–water partition coefficient (Wildman–Crippen LogP) is 6.84. The molecule has 2 aliphatic rings. The van der Waals surface area contributed by atoms with Crippen LogP contribution in [0.1, 0.15) is 41.8 Å². The van der Waals surface area contributed by atoms with Crippen molar-refractivity contribution >= 4 is 56.9 Å². The number of thioether (sulfide) groups is 1. The third-order valence-electron chi connectivity index (χ3n) is 7.31. The Morgan fingerprint density at radius 2 is 1.86 bits per heavy atom. The van der Waals surface area contributed by atoms with E-state index in [2.05, 4.69) is 21.2 Å². The minimum atomic E-state index is -0.810. The van der Waals surface area contributed by atoms with E-state index in [9.17, 15) is 14.4 Å². The molecule has 10 heteroatoms. The van der Waals surface area contributed by atoms with Gasteiger partial charge in [-0.25, -0.2) is 4.79 Å². The van der Waals surface area contributed by atoms with Crippen molar-refractivity contribution in [3.05, 3.63) is 81.2 Å². The van der Waals surface area contributed by atoms with E-state index < -0.39 is 11.5 Å². The van der Waals surface area contributed by atoms with Gasteiger partial charge in [0, 0.05) is 28.1 Å². The monoisotopic (exact) mass is 650 g/mol. The summed E-state index contributed by atoms with van der Waals surface area (Å²) in [7, 11) is 3.25. The fourth-order valence-electron chi connectivity index (χ4n) is 5.16. The van der Waals surface area contributed by atoms with E-state index in [-0.39, 0.29) is 23.7 Å². The van der Waals surface area contributed by atoms with Crippen molar-refractivity contribution in [2.45, 2.75) is 44.6 Å². The molecule has 0 aliphatic carbocycles. The first-order valence-corrected chi connectivity index (χ1v) is 15.0. The van der Waals surface area contributed by atoms with E-state index in [0.29, 0.717) is 40.3 Å². The highest BCUT2D eigenvalue weighted by Gasteiger charge is 2.39. The number of carbonyl (C=O) groups is 3. The van der Waals surface area contributed by atoms with Crippen LogP contribution in [-0.2, 0) is 20.9 Å². The van der Waals surface area contributed by atoms with Crippen molar-refractivity contribution in [1.29, 1.82) is 0 Å². The number of esters is 2. The van der Waals surface area contributed by atoms with Gasteiger partial charge in [-0.3, -0.25) is 9.59 Å². The Balaban J connectivity index is 1.52. The molecule has 1 amide bonds. The SMILES string of the molecule is COc1cc(OC(=O)c2ccccc2C)ccc1-c1ccc2c(c1COC(=O)C1CC=C(Br)S1)N(C)C(=O)C(C)(C)N2. The maximum Gasteiger partial charge on any atom is 0.343 e. The summed E-state index contributed by atoms with van der Waals surface area (Å²) in [5, 5.41) is 2.99. The van der Waals surface area contributed by atoms with Crippen molar-refractivity contribution in [1.82, 2.24) is 0 Å². The molecule has 2 heterocycles. The van der Waals surface area contributed by atoms with E-state index in [1.165, 1.54) is 18.9 Å². The summed E-state index contributed by atoms with van der Waals surface area (Å²) in [6, 6.07) is 16.2. The quantitative estimate of drug-likeness (QED) is 0.219. The van der Waals surface area contributed by atoms with Gasteiger partial charge >= 0.3 is 11.9 Å². The average Bonchev–Trinajstić information content (AvgIpc) is 3.40. The third kappa shape index (κ3) is 5.78. The van der Waals surface area contributed by atoms with Crippen LogP contribution in [0.3, 0.4) is 0 Å². The van der Waals surface area contributed by atoms with Gasteiger partial charge in [0.2, 0.25) is 0 Å². The van der Waals surface area contributed by atoms with E-state index in [1.54, 1.807) is 42.3 Å². The molecular weight excluding hydrogens is 620 g/mol. The fourth-order valence-corrected chi connectivity index (χ4v) is 6.85. The Hall–Kier alpha value is -3.76. The van der Waals surface area contributed by atoms with Crippen LogP contribution in [0.25, 0.3) is 11.1 Å². The third-order valence-corrected chi connectivity index (χ3v) is 9.26. The maximum absolute atomic E-state index is 13.3. The molecule has 2 aliphatic heterocycles. The van der Waals surface area contributed by atoms with E-state index in [0.717, 1.165) is 20.6 Å². The van der Waals surface area contributed by atoms with Gasteiger partial charge < -0.3 is 24.4 Å². The molecule has 0 bridgehead atoms. The minimum Gasteiger partial charge on any atom is -0.496 e. The summed E-state index contributed by atoms with van der Waals surface area (Å²) in [6.45, 7) is 5.44. The number of likely N-dealkylation sites (N-methyl/N-ethyl adjacent to an activating group) is 1. The number of carbonyl (C=O) groups excluding carboxylic acids is 3. The van der Waals surface area contributed by atoms with Gasteiger partial charge in [0.1, 0.15) is 28.9 Å². The molecule has 1 atom stereocenters. The molecule has 0 aromatic heterocycles. The van der Waals surface area contributed by atoms with Gasteiger partial charge in [-0.15, -0.1) is 11.8 Å². The number of halogens is 1. The highest BCUT2D eigenvalue weighted by Crippen LogP contribution is 2.45. The minimum absolute atomic E-state index is 0.0566. The van der Waals surface area contributed by atoms with Gasteiger partial charge in [0.05, 0.1) is 24.0 Å². The lowest BCUT2D eigenvalue weighted by atomic mass is 9.91. The highest BCUT2D eigenvalue weighted by atomic mass is 79.9. The second-order valence-electron chi connectivity index (χ2n) is 10.6. The van der Waals surface area contributed by atoms with Crippen molar-refractivity contribution in [3.8, 4) is 22.6 Å². The van der Waals surface area contributed by atoms with E-state index in [1.807, 2.05) is 51.1 Å². The van der Waals surface area contributed by atoms with Crippen LogP contribution >= 0.6 is 27.7 Å². The van der Waals surface area contributed by atoms with Crippen LogP contribution in [0.2, 0.25) is 0 Å². The average molecular weight is 652 g/mol. The maximum atomic E-state index is 13.3. The zero-order valence-electron chi connectivity index (χ0n) is 23.9. The largest absolute Gasteiger partial charge is 0.496 e. The molecule has 0 radical (unpaired) electrons. The lowest BCUT2D eigenvalue weighted by Crippen LogP contribution is -2.52. The second-order valence-corrected chi connectivity index (χ2v) is 13.3. The molecule has 0 spiro atoms. The number of methoxy groups -OCH3 is 1. The van der Waals surface area contributed by atoms with Crippen LogP contribution in [0, 0.1) is 6.92 Å². The first-order valence-electron chi connectivity index (χ1n) is 13.4.